The molecule has 0 aromatic carbocycles. The van der Waals surface area contributed by atoms with Gasteiger partial charge < -0.3 is 15.8 Å². The molecule has 8 heteroatoms. The van der Waals surface area contributed by atoms with Gasteiger partial charge in [0.05, 0.1) is 11.0 Å². The molecule has 0 saturated carbocycles. The number of hydrogen-bond donors (Lipinski definition) is 2. The summed E-state index contributed by atoms with van der Waals surface area (Å²) in [4.78, 5) is 25.9. The highest BCUT2D eigenvalue weighted by atomic mass is 16.6. The maximum absolute atomic E-state index is 12.0. The Morgan fingerprint density at radius 2 is 2.45 bits per heavy atom. The SMILES string of the molecule is CC1OCCC1CNC(=O)c1cc(N)ncc1[N+](=O)[O-]. The van der Waals surface area contributed by atoms with Gasteiger partial charge in [-0.1, -0.05) is 0 Å². The van der Waals surface area contributed by atoms with Gasteiger partial charge in [0.2, 0.25) is 0 Å². The molecule has 2 atom stereocenters. The van der Waals surface area contributed by atoms with Gasteiger partial charge in [-0.3, -0.25) is 14.9 Å². The normalized spacial score (nSPS) is 21.6. The zero-order valence-corrected chi connectivity index (χ0v) is 11.0. The first-order valence-corrected chi connectivity index (χ1v) is 6.28. The van der Waals surface area contributed by atoms with Crippen molar-refractivity contribution < 1.29 is 14.5 Å². The molecule has 1 aromatic heterocycles. The molecule has 108 valence electrons. The summed E-state index contributed by atoms with van der Waals surface area (Å²) in [6.07, 6.45) is 1.93. The van der Waals surface area contributed by atoms with Crippen LogP contribution >= 0.6 is 0 Å². The van der Waals surface area contributed by atoms with Gasteiger partial charge in [-0.2, -0.15) is 0 Å². The van der Waals surface area contributed by atoms with Crippen molar-refractivity contribution >= 4 is 17.4 Å². The van der Waals surface area contributed by atoms with Gasteiger partial charge in [-0.05, 0) is 19.4 Å². The molecule has 0 aliphatic carbocycles. The number of nitro groups is 1. The Balaban J connectivity index is 2.08. The van der Waals surface area contributed by atoms with Crippen LogP contribution in [0.3, 0.4) is 0 Å². The lowest BCUT2D eigenvalue weighted by Crippen LogP contribution is -2.32. The second-order valence-electron chi connectivity index (χ2n) is 4.72. The molecule has 3 N–H and O–H groups in total. The number of rotatable bonds is 4. The van der Waals surface area contributed by atoms with E-state index in [1.54, 1.807) is 0 Å². The highest BCUT2D eigenvalue weighted by Gasteiger charge is 2.26. The standard InChI is InChI=1S/C12H16N4O4/c1-7-8(2-3-20-7)5-15-12(17)9-4-11(13)14-6-10(9)16(18)19/h4,6-8H,2-3,5H2,1H3,(H2,13,14)(H,15,17). The van der Waals surface area contributed by atoms with Gasteiger partial charge in [0.1, 0.15) is 17.6 Å². The third kappa shape index (κ3) is 3.02. The summed E-state index contributed by atoms with van der Waals surface area (Å²) in [5.74, 6) is -0.236. The van der Waals surface area contributed by atoms with Crippen LogP contribution < -0.4 is 11.1 Å². The van der Waals surface area contributed by atoms with Crippen LogP contribution in [0.4, 0.5) is 11.5 Å². The lowest BCUT2D eigenvalue weighted by molar-refractivity contribution is -0.385. The molecule has 0 bridgehead atoms. The first kappa shape index (κ1) is 14.2. The molecule has 1 aromatic rings. The van der Waals surface area contributed by atoms with E-state index in [4.69, 9.17) is 10.5 Å². The van der Waals surface area contributed by atoms with Gasteiger partial charge >= 0.3 is 0 Å². The Hall–Kier alpha value is -2.22. The minimum atomic E-state index is -0.650. The maximum atomic E-state index is 12.0. The summed E-state index contributed by atoms with van der Waals surface area (Å²) in [6, 6.07) is 1.21. The molecular weight excluding hydrogens is 264 g/mol. The van der Waals surface area contributed by atoms with E-state index in [9.17, 15) is 14.9 Å². The molecule has 1 aliphatic heterocycles. The summed E-state index contributed by atoms with van der Waals surface area (Å²) in [5, 5.41) is 13.6. The van der Waals surface area contributed by atoms with Crippen molar-refractivity contribution in [1.29, 1.82) is 0 Å². The van der Waals surface area contributed by atoms with Gasteiger partial charge in [0.15, 0.2) is 0 Å². The lowest BCUT2D eigenvalue weighted by atomic mass is 10.0. The number of hydrogen-bond acceptors (Lipinski definition) is 6. The molecule has 8 nitrogen and oxygen atoms in total. The lowest BCUT2D eigenvalue weighted by Gasteiger charge is -2.14. The quantitative estimate of drug-likeness (QED) is 0.619. The predicted octanol–water partition coefficient (Wildman–Crippen LogP) is 0.727. The molecular formula is C12H16N4O4. The third-order valence-electron chi connectivity index (χ3n) is 3.40. The van der Waals surface area contributed by atoms with E-state index in [-0.39, 0.29) is 29.1 Å². The number of nitrogens with two attached hydrogens (primary N) is 1. The Kier molecular flexibility index (Phi) is 4.14. The molecule has 1 fully saturated rings. The van der Waals surface area contributed by atoms with Gasteiger partial charge in [-0.25, -0.2) is 4.98 Å². The van der Waals surface area contributed by atoms with Crippen molar-refractivity contribution in [1.82, 2.24) is 10.3 Å². The average Bonchev–Trinajstić information content (AvgIpc) is 2.81. The van der Waals surface area contributed by atoms with Crippen molar-refractivity contribution in [3.63, 3.8) is 0 Å². The molecule has 0 spiro atoms. The van der Waals surface area contributed by atoms with Crippen LogP contribution in [0, 0.1) is 16.0 Å². The van der Waals surface area contributed by atoms with Crippen molar-refractivity contribution in [3.8, 4) is 0 Å². The molecule has 2 rings (SSSR count). The van der Waals surface area contributed by atoms with E-state index in [1.165, 1.54) is 6.07 Å². The number of nitrogens with one attached hydrogen (secondary N) is 1. The first-order chi connectivity index (χ1) is 9.49. The summed E-state index contributed by atoms with van der Waals surface area (Å²) >= 11 is 0. The number of aromatic nitrogens is 1. The van der Waals surface area contributed by atoms with Gasteiger partial charge in [0, 0.05) is 19.1 Å². The van der Waals surface area contributed by atoms with Gasteiger partial charge in [0.25, 0.3) is 11.6 Å². The van der Waals surface area contributed by atoms with Crippen molar-refractivity contribution in [2.75, 3.05) is 18.9 Å². The Morgan fingerprint density at radius 3 is 3.05 bits per heavy atom. The van der Waals surface area contributed by atoms with E-state index < -0.39 is 10.8 Å². The van der Waals surface area contributed by atoms with Crippen LogP contribution in [-0.4, -0.2) is 35.1 Å². The Labute approximate surface area is 115 Å². The number of carbonyl (C=O) groups is 1. The summed E-state index contributed by atoms with van der Waals surface area (Å²) in [6.45, 7) is 3.03. The fraction of sp³-hybridized carbons (Fsp3) is 0.500. The fourth-order valence-electron chi connectivity index (χ4n) is 2.15. The molecule has 2 unspecified atom stereocenters. The molecule has 2 heterocycles. The van der Waals surface area contributed by atoms with Crippen molar-refractivity contribution in [2.24, 2.45) is 5.92 Å². The number of carbonyl (C=O) groups excluding carboxylic acids is 1. The summed E-state index contributed by atoms with van der Waals surface area (Å²) < 4.78 is 5.39. The summed E-state index contributed by atoms with van der Waals surface area (Å²) in [7, 11) is 0. The van der Waals surface area contributed by atoms with E-state index in [1.807, 2.05) is 6.92 Å². The number of pyridine rings is 1. The van der Waals surface area contributed by atoms with Crippen LogP contribution in [0.2, 0.25) is 0 Å². The average molecular weight is 280 g/mol. The van der Waals surface area contributed by atoms with Crippen LogP contribution in [-0.2, 0) is 4.74 Å². The van der Waals surface area contributed by atoms with Crippen LogP contribution in [0.1, 0.15) is 23.7 Å². The van der Waals surface area contributed by atoms with Crippen LogP contribution in [0.25, 0.3) is 0 Å². The minimum absolute atomic E-state index is 0.0679. The smallest absolute Gasteiger partial charge is 0.300 e. The van der Waals surface area contributed by atoms with E-state index in [0.717, 1.165) is 12.6 Å². The molecule has 1 aliphatic rings. The minimum Gasteiger partial charge on any atom is -0.384 e. The number of amides is 1. The number of ether oxygens (including phenoxy) is 1. The topological polar surface area (TPSA) is 120 Å². The number of nitrogen functional groups attached to an aromatic ring is 1. The zero-order chi connectivity index (χ0) is 14.7. The fourth-order valence-corrected chi connectivity index (χ4v) is 2.15. The van der Waals surface area contributed by atoms with Crippen LogP contribution in [0.5, 0.6) is 0 Å². The van der Waals surface area contributed by atoms with Crippen molar-refractivity contribution in [3.05, 3.63) is 27.9 Å². The predicted molar refractivity (Wildman–Crippen MR) is 71.2 cm³/mol. The monoisotopic (exact) mass is 280 g/mol. The van der Waals surface area contributed by atoms with E-state index in [0.29, 0.717) is 13.2 Å². The zero-order valence-electron chi connectivity index (χ0n) is 11.0. The van der Waals surface area contributed by atoms with E-state index >= 15 is 0 Å². The van der Waals surface area contributed by atoms with E-state index in [2.05, 4.69) is 10.3 Å². The second kappa shape index (κ2) is 5.83. The highest BCUT2D eigenvalue weighted by Crippen LogP contribution is 2.21. The molecule has 0 radical (unpaired) electrons. The Morgan fingerprint density at radius 1 is 1.70 bits per heavy atom. The van der Waals surface area contributed by atoms with Gasteiger partial charge in [-0.15, -0.1) is 0 Å². The summed E-state index contributed by atoms with van der Waals surface area (Å²) in [5.41, 5.74) is 5.04. The maximum Gasteiger partial charge on any atom is 0.300 e. The van der Waals surface area contributed by atoms with Crippen molar-refractivity contribution in [2.45, 2.75) is 19.4 Å². The largest absolute Gasteiger partial charge is 0.384 e. The first-order valence-electron chi connectivity index (χ1n) is 6.28. The third-order valence-corrected chi connectivity index (χ3v) is 3.40. The molecule has 1 amide bonds. The van der Waals surface area contributed by atoms with Crippen LogP contribution in [0.15, 0.2) is 12.3 Å². The second-order valence-corrected chi connectivity index (χ2v) is 4.72. The number of anilines is 1. The number of nitrogens with zero attached hydrogens (tertiary/aromatic N) is 2. The highest BCUT2D eigenvalue weighted by molar-refractivity contribution is 5.98. The Bertz CT molecular complexity index is 534. The molecule has 20 heavy (non-hydrogen) atoms. The molecule has 1 saturated heterocycles.